The van der Waals surface area contributed by atoms with Gasteiger partial charge in [0.15, 0.2) is 0 Å². The zero-order chi connectivity index (χ0) is 21.7. The van der Waals surface area contributed by atoms with Crippen molar-refractivity contribution in [2.24, 2.45) is 0 Å². The molecule has 0 saturated carbocycles. The summed E-state index contributed by atoms with van der Waals surface area (Å²) >= 11 is 0. The molecule has 0 aliphatic carbocycles. The predicted molar refractivity (Wildman–Crippen MR) is 116 cm³/mol. The number of ether oxygens (including phenoxy) is 1. The first kappa shape index (κ1) is 21.7. The van der Waals surface area contributed by atoms with Gasteiger partial charge in [0.2, 0.25) is 0 Å². The van der Waals surface area contributed by atoms with Gasteiger partial charge in [-0.25, -0.2) is 0 Å². The van der Waals surface area contributed by atoms with Crippen LogP contribution in [0.25, 0.3) is 0 Å². The Hall–Kier alpha value is -2.97. The number of carbonyl (C=O) groups excluding carboxylic acids is 1. The van der Waals surface area contributed by atoms with E-state index >= 15 is 0 Å². The highest BCUT2D eigenvalue weighted by Gasteiger charge is 2.22. The maximum absolute atomic E-state index is 12.1. The normalized spacial score (nSPS) is 19.3. The SMILES string of the molecule is CNC(=O)c1cc([N+](=O)[O-])ccc1NCc1ccc(CN2CC(C)OC(C)C2)cc1. The van der Waals surface area contributed by atoms with E-state index in [-0.39, 0.29) is 29.4 Å². The van der Waals surface area contributed by atoms with Crippen molar-refractivity contribution in [3.63, 3.8) is 0 Å². The number of morpholine rings is 1. The number of hydrogen-bond acceptors (Lipinski definition) is 6. The average Bonchev–Trinajstić information content (AvgIpc) is 2.71. The van der Waals surface area contributed by atoms with Crippen molar-refractivity contribution in [3.8, 4) is 0 Å². The zero-order valence-electron chi connectivity index (χ0n) is 17.6. The van der Waals surface area contributed by atoms with Gasteiger partial charge in [-0.15, -0.1) is 0 Å². The van der Waals surface area contributed by atoms with Gasteiger partial charge in [0.05, 0.1) is 22.7 Å². The monoisotopic (exact) mass is 412 g/mol. The van der Waals surface area contributed by atoms with Gasteiger partial charge >= 0.3 is 0 Å². The summed E-state index contributed by atoms with van der Waals surface area (Å²) in [4.78, 5) is 25.0. The molecule has 3 rings (SSSR count). The molecule has 2 N–H and O–H groups in total. The van der Waals surface area contributed by atoms with Gasteiger partial charge in [0, 0.05) is 51.0 Å². The Morgan fingerprint density at radius 3 is 2.37 bits per heavy atom. The lowest BCUT2D eigenvalue weighted by atomic mass is 10.1. The average molecular weight is 412 g/mol. The Labute approximate surface area is 176 Å². The summed E-state index contributed by atoms with van der Waals surface area (Å²) in [5.74, 6) is -0.370. The number of nitrogens with one attached hydrogen (secondary N) is 2. The summed E-state index contributed by atoms with van der Waals surface area (Å²) in [6.07, 6.45) is 0.488. The van der Waals surface area contributed by atoms with Gasteiger partial charge in [0.25, 0.3) is 11.6 Å². The van der Waals surface area contributed by atoms with Crippen molar-refractivity contribution in [1.29, 1.82) is 0 Å². The predicted octanol–water partition coefficient (Wildman–Crippen LogP) is 3.18. The molecule has 2 atom stereocenters. The molecule has 1 fully saturated rings. The molecule has 2 unspecified atom stereocenters. The molecule has 1 aliphatic heterocycles. The second-order valence-corrected chi connectivity index (χ2v) is 7.69. The summed E-state index contributed by atoms with van der Waals surface area (Å²) < 4.78 is 5.79. The van der Waals surface area contributed by atoms with Gasteiger partial charge in [-0.05, 0) is 31.0 Å². The van der Waals surface area contributed by atoms with E-state index in [4.69, 9.17) is 4.74 Å². The van der Waals surface area contributed by atoms with Crippen LogP contribution in [-0.2, 0) is 17.8 Å². The Balaban J connectivity index is 1.63. The summed E-state index contributed by atoms with van der Waals surface area (Å²) in [6, 6.07) is 12.6. The van der Waals surface area contributed by atoms with Crippen LogP contribution in [0.2, 0.25) is 0 Å². The minimum absolute atomic E-state index is 0.116. The topological polar surface area (TPSA) is 96.7 Å². The number of non-ortho nitro benzene ring substituents is 1. The Kier molecular flexibility index (Phi) is 7.02. The van der Waals surface area contributed by atoms with E-state index in [1.165, 1.54) is 24.7 Å². The van der Waals surface area contributed by atoms with Gasteiger partial charge in [0.1, 0.15) is 0 Å². The maximum atomic E-state index is 12.1. The van der Waals surface area contributed by atoms with Crippen LogP contribution in [0, 0.1) is 10.1 Å². The van der Waals surface area contributed by atoms with Gasteiger partial charge < -0.3 is 15.4 Å². The number of benzene rings is 2. The summed E-state index contributed by atoms with van der Waals surface area (Å²) in [5.41, 5.74) is 2.99. The molecule has 0 radical (unpaired) electrons. The Morgan fingerprint density at radius 2 is 1.77 bits per heavy atom. The molecule has 1 heterocycles. The molecule has 0 bridgehead atoms. The standard InChI is InChI=1S/C22H28N4O4/c1-15-12-25(13-16(2)30-15)14-18-6-4-17(5-7-18)11-24-21-9-8-19(26(28)29)10-20(21)22(27)23-3/h4-10,15-16,24H,11-14H2,1-3H3,(H,23,27). The molecule has 1 amide bonds. The molecule has 0 aromatic heterocycles. The van der Waals surface area contributed by atoms with Crippen molar-refractivity contribution < 1.29 is 14.5 Å². The third kappa shape index (κ3) is 5.55. The molecule has 8 heteroatoms. The van der Waals surface area contributed by atoms with Crippen LogP contribution in [-0.4, -0.2) is 48.1 Å². The fraction of sp³-hybridized carbons (Fsp3) is 0.409. The third-order valence-electron chi connectivity index (χ3n) is 5.09. The summed E-state index contributed by atoms with van der Waals surface area (Å²) in [5, 5.41) is 16.7. The van der Waals surface area contributed by atoms with Crippen molar-refractivity contribution in [3.05, 3.63) is 69.3 Å². The van der Waals surface area contributed by atoms with E-state index in [2.05, 4.69) is 53.6 Å². The van der Waals surface area contributed by atoms with Crippen LogP contribution >= 0.6 is 0 Å². The van der Waals surface area contributed by atoms with Crippen LogP contribution in [0.5, 0.6) is 0 Å². The lowest BCUT2D eigenvalue weighted by molar-refractivity contribution is -0.384. The van der Waals surface area contributed by atoms with Crippen molar-refractivity contribution in [2.45, 2.75) is 39.1 Å². The summed E-state index contributed by atoms with van der Waals surface area (Å²) in [6.45, 7) is 7.44. The number of anilines is 1. The fourth-order valence-electron chi connectivity index (χ4n) is 3.75. The van der Waals surface area contributed by atoms with Crippen LogP contribution in [0.15, 0.2) is 42.5 Å². The number of nitrogens with zero attached hydrogens (tertiary/aromatic N) is 2. The smallest absolute Gasteiger partial charge is 0.270 e. The number of hydrogen-bond donors (Lipinski definition) is 2. The van der Waals surface area contributed by atoms with Crippen LogP contribution in [0.1, 0.15) is 35.3 Å². The van der Waals surface area contributed by atoms with E-state index in [0.717, 1.165) is 25.2 Å². The highest BCUT2D eigenvalue weighted by molar-refractivity contribution is 6.00. The molecule has 2 aromatic rings. The molecule has 8 nitrogen and oxygen atoms in total. The first-order valence-electron chi connectivity index (χ1n) is 10.1. The van der Waals surface area contributed by atoms with Crippen LogP contribution in [0.4, 0.5) is 11.4 Å². The van der Waals surface area contributed by atoms with E-state index in [1.807, 2.05) is 0 Å². The molecule has 1 aliphatic rings. The van der Waals surface area contributed by atoms with E-state index in [1.54, 1.807) is 6.07 Å². The van der Waals surface area contributed by atoms with Gasteiger partial charge in [-0.3, -0.25) is 19.8 Å². The quantitative estimate of drug-likeness (QED) is 0.536. The van der Waals surface area contributed by atoms with E-state index in [9.17, 15) is 14.9 Å². The minimum Gasteiger partial charge on any atom is -0.380 e. The highest BCUT2D eigenvalue weighted by Crippen LogP contribution is 2.23. The second kappa shape index (κ2) is 9.69. The maximum Gasteiger partial charge on any atom is 0.270 e. The molecule has 0 spiro atoms. The number of carbonyl (C=O) groups is 1. The largest absolute Gasteiger partial charge is 0.380 e. The van der Waals surface area contributed by atoms with Gasteiger partial charge in [-0.1, -0.05) is 24.3 Å². The Bertz CT molecular complexity index is 891. The Morgan fingerprint density at radius 1 is 1.13 bits per heavy atom. The lowest BCUT2D eigenvalue weighted by Crippen LogP contribution is -2.44. The van der Waals surface area contributed by atoms with E-state index in [0.29, 0.717) is 12.2 Å². The van der Waals surface area contributed by atoms with Crippen LogP contribution < -0.4 is 10.6 Å². The lowest BCUT2D eigenvalue weighted by Gasteiger charge is -2.35. The molecule has 30 heavy (non-hydrogen) atoms. The van der Waals surface area contributed by atoms with E-state index < -0.39 is 4.92 Å². The van der Waals surface area contributed by atoms with Crippen molar-refractivity contribution in [2.75, 3.05) is 25.5 Å². The molecule has 160 valence electrons. The highest BCUT2D eigenvalue weighted by atomic mass is 16.6. The number of nitro benzene ring substituents is 1. The number of nitro groups is 1. The summed E-state index contributed by atoms with van der Waals surface area (Å²) in [7, 11) is 1.50. The molecule has 2 aromatic carbocycles. The second-order valence-electron chi connectivity index (χ2n) is 7.69. The first-order valence-corrected chi connectivity index (χ1v) is 10.1. The van der Waals surface area contributed by atoms with Crippen molar-refractivity contribution >= 4 is 17.3 Å². The van der Waals surface area contributed by atoms with Gasteiger partial charge in [-0.2, -0.15) is 0 Å². The minimum atomic E-state index is -0.509. The van der Waals surface area contributed by atoms with Crippen molar-refractivity contribution in [1.82, 2.24) is 10.2 Å². The first-order chi connectivity index (χ1) is 14.4. The fourth-order valence-corrected chi connectivity index (χ4v) is 3.75. The van der Waals surface area contributed by atoms with Crippen LogP contribution in [0.3, 0.4) is 0 Å². The number of amides is 1. The molecule has 1 saturated heterocycles. The molecular weight excluding hydrogens is 384 g/mol. The third-order valence-corrected chi connectivity index (χ3v) is 5.09. The zero-order valence-corrected chi connectivity index (χ0v) is 17.6. The number of rotatable bonds is 7. The molecular formula is C22H28N4O4.